The van der Waals surface area contributed by atoms with Crippen molar-refractivity contribution < 1.29 is 9.59 Å². The number of hydrogen-bond donors (Lipinski definition) is 2. The molecule has 1 aromatic carbocycles. The zero-order chi connectivity index (χ0) is 22.0. The van der Waals surface area contributed by atoms with E-state index in [0.717, 1.165) is 36.7 Å². The molecule has 9 nitrogen and oxygen atoms in total. The Bertz CT molecular complexity index is 1110. The van der Waals surface area contributed by atoms with Crippen LogP contribution in [0, 0.1) is 5.92 Å². The summed E-state index contributed by atoms with van der Waals surface area (Å²) >= 11 is 0. The molecule has 2 aromatic heterocycles. The molecular weight excluding hydrogens is 394 g/mol. The molecule has 1 saturated heterocycles. The Kier molecular flexibility index (Phi) is 5.83. The van der Waals surface area contributed by atoms with E-state index < -0.39 is 0 Å². The van der Waals surface area contributed by atoms with Crippen molar-refractivity contribution in [1.82, 2.24) is 19.8 Å². The fourth-order valence-electron chi connectivity index (χ4n) is 3.85. The molecule has 1 atom stereocenters. The molecule has 0 bridgehead atoms. The molecule has 2 N–H and O–H groups in total. The normalized spacial score (nSPS) is 16.5. The highest BCUT2D eigenvalue weighted by atomic mass is 16.2. The van der Waals surface area contributed by atoms with Crippen molar-refractivity contribution >= 4 is 34.7 Å². The van der Waals surface area contributed by atoms with Gasteiger partial charge in [0.05, 0.1) is 5.92 Å². The van der Waals surface area contributed by atoms with E-state index in [4.69, 9.17) is 5.10 Å². The molecule has 0 radical (unpaired) electrons. The fraction of sp³-hybridized carbons (Fsp3) is 0.409. The number of fused-ring (bicyclic) bond motifs is 1. The number of amides is 2. The number of benzene rings is 1. The highest BCUT2D eigenvalue weighted by molar-refractivity contribution is 5.94. The third kappa shape index (κ3) is 4.65. The first kappa shape index (κ1) is 20.8. The second-order valence-corrected chi connectivity index (χ2v) is 8.21. The minimum Gasteiger partial charge on any atom is -0.354 e. The van der Waals surface area contributed by atoms with E-state index in [1.165, 1.54) is 6.92 Å². The SMILES string of the molecule is CC(=O)Nc1cccc(NC(=O)[C@H]2CCCN(c3ccc4nnc(C(C)C)n4n3)C2)c1. The Morgan fingerprint density at radius 1 is 1.10 bits per heavy atom. The van der Waals surface area contributed by atoms with Gasteiger partial charge in [-0.15, -0.1) is 15.3 Å². The molecule has 1 aliphatic heterocycles. The molecule has 4 rings (SSSR count). The summed E-state index contributed by atoms with van der Waals surface area (Å²) in [5.74, 6) is 1.52. The lowest BCUT2D eigenvalue weighted by atomic mass is 9.97. The summed E-state index contributed by atoms with van der Waals surface area (Å²) in [6.45, 7) is 7.02. The standard InChI is InChI=1S/C22H27N7O2/c1-14(2)21-26-25-19-9-10-20(27-29(19)21)28-11-5-6-16(13-28)22(31)24-18-8-4-7-17(12-18)23-15(3)30/h4,7-10,12,14,16H,5-6,11,13H2,1-3H3,(H,23,30)(H,24,31)/t16-/m0/s1. The van der Waals surface area contributed by atoms with Gasteiger partial charge in [-0.3, -0.25) is 9.59 Å². The van der Waals surface area contributed by atoms with Crippen LogP contribution in [-0.4, -0.2) is 44.7 Å². The van der Waals surface area contributed by atoms with Crippen LogP contribution < -0.4 is 15.5 Å². The number of anilines is 3. The van der Waals surface area contributed by atoms with Gasteiger partial charge in [0.1, 0.15) is 5.82 Å². The summed E-state index contributed by atoms with van der Waals surface area (Å²) < 4.78 is 1.79. The summed E-state index contributed by atoms with van der Waals surface area (Å²) in [5.41, 5.74) is 2.04. The van der Waals surface area contributed by atoms with Crippen molar-refractivity contribution in [2.75, 3.05) is 28.6 Å². The second-order valence-electron chi connectivity index (χ2n) is 8.21. The lowest BCUT2D eigenvalue weighted by Crippen LogP contribution is -2.41. The maximum absolute atomic E-state index is 12.9. The summed E-state index contributed by atoms with van der Waals surface area (Å²) in [7, 11) is 0. The maximum atomic E-state index is 12.9. The molecule has 9 heteroatoms. The highest BCUT2D eigenvalue weighted by Gasteiger charge is 2.27. The average molecular weight is 422 g/mol. The number of piperidine rings is 1. The number of carbonyl (C=O) groups excluding carboxylic acids is 2. The van der Waals surface area contributed by atoms with Gasteiger partial charge in [0, 0.05) is 37.3 Å². The number of hydrogen-bond acceptors (Lipinski definition) is 6. The molecule has 31 heavy (non-hydrogen) atoms. The van der Waals surface area contributed by atoms with Gasteiger partial charge in [-0.25, -0.2) is 0 Å². The zero-order valence-electron chi connectivity index (χ0n) is 18.0. The predicted molar refractivity (Wildman–Crippen MR) is 119 cm³/mol. The van der Waals surface area contributed by atoms with Crippen LogP contribution in [0.15, 0.2) is 36.4 Å². The van der Waals surface area contributed by atoms with E-state index in [9.17, 15) is 9.59 Å². The lowest BCUT2D eigenvalue weighted by molar-refractivity contribution is -0.120. The Labute approximate surface area is 180 Å². The highest BCUT2D eigenvalue weighted by Crippen LogP contribution is 2.24. The van der Waals surface area contributed by atoms with Crippen molar-refractivity contribution in [2.45, 2.75) is 39.5 Å². The summed E-state index contributed by atoms with van der Waals surface area (Å²) in [6, 6.07) is 11.0. The molecule has 0 unspecified atom stereocenters. The minimum atomic E-state index is -0.152. The minimum absolute atomic E-state index is 0.0297. The molecule has 162 valence electrons. The van der Waals surface area contributed by atoms with Crippen LogP contribution in [0.2, 0.25) is 0 Å². The van der Waals surface area contributed by atoms with Gasteiger partial charge >= 0.3 is 0 Å². The Hall–Kier alpha value is -3.49. The van der Waals surface area contributed by atoms with Crippen molar-refractivity contribution in [3.05, 3.63) is 42.2 Å². The van der Waals surface area contributed by atoms with Gasteiger partial charge in [-0.1, -0.05) is 19.9 Å². The van der Waals surface area contributed by atoms with E-state index in [0.29, 0.717) is 17.9 Å². The van der Waals surface area contributed by atoms with Crippen molar-refractivity contribution in [2.24, 2.45) is 5.92 Å². The van der Waals surface area contributed by atoms with Crippen LogP contribution in [0.4, 0.5) is 17.2 Å². The summed E-state index contributed by atoms with van der Waals surface area (Å²) in [4.78, 5) is 26.3. The third-order valence-electron chi connectivity index (χ3n) is 5.36. The van der Waals surface area contributed by atoms with Crippen LogP contribution in [-0.2, 0) is 9.59 Å². The van der Waals surface area contributed by atoms with Crippen LogP contribution in [0.5, 0.6) is 0 Å². The number of carbonyl (C=O) groups is 2. The predicted octanol–water partition coefficient (Wildman–Crippen LogP) is 3.06. The van der Waals surface area contributed by atoms with Crippen molar-refractivity contribution in [3.63, 3.8) is 0 Å². The average Bonchev–Trinajstić information content (AvgIpc) is 3.17. The van der Waals surface area contributed by atoms with Gasteiger partial charge in [0.15, 0.2) is 11.5 Å². The second kappa shape index (κ2) is 8.71. The number of rotatable bonds is 5. The third-order valence-corrected chi connectivity index (χ3v) is 5.36. The number of nitrogens with zero attached hydrogens (tertiary/aromatic N) is 5. The fourth-order valence-corrected chi connectivity index (χ4v) is 3.85. The molecule has 3 aromatic rings. The Balaban J connectivity index is 1.47. The first-order chi connectivity index (χ1) is 14.9. The quantitative estimate of drug-likeness (QED) is 0.656. The van der Waals surface area contributed by atoms with Crippen molar-refractivity contribution in [3.8, 4) is 0 Å². The van der Waals surface area contributed by atoms with Crippen molar-refractivity contribution in [1.29, 1.82) is 0 Å². The molecular formula is C22H27N7O2. The Morgan fingerprint density at radius 2 is 1.87 bits per heavy atom. The number of aromatic nitrogens is 4. The van der Waals surface area contributed by atoms with Crippen LogP contribution >= 0.6 is 0 Å². The van der Waals surface area contributed by atoms with E-state index in [2.05, 4.69) is 39.6 Å². The van der Waals surface area contributed by atoms with Gasteiger partial charge in [0.2, 0.25) is 11.8 Å². The molecule has 0 aliphatic carbocycles. The summed E-state index contributed by atoms with van der Waals surface area (Å²) in [5, 5.41) is 18.9. The van der Waals surface area contributed by atoms with Crippen LogP contribution in [0.3, 0.4) is 0 Å². The van der Waals surface area contributed by atoms with E-state index in [-0.39, 0.29) is 23.7 Å². The van der Waals surface area contributed by atoms with E-state index in [1.807, 2.05) is 18.2 Å². The first-order valence-corrected chi connectivity index (χ1v) is 10.6. The monoisotopic (exact) mass is 421 g/mol. The van der Waals surface area contributed by atoms with Gasteiger partial charge in [0.25, 0.3) is 0 Å². The number of nitrogens with one attached hydrogen (secondary N) is 2. The molecule has 1 aliphatic rings. The molecule has 0 saturated carbocycles. The largest absolute Gasteiger partial charge is 0.354 e. The molecule has 3 heterocycles. The topological polar surface area (TPSA) is 105 Å². The van der Waals surface area contributed by atoms with E-state index >= 15 is 0 Å². The smallest absolute Gasteiger partial charge is 0.229 e. The van der Waals surface area contributed by atoms with Crippen LogP contribution in [0.25, 0.3) is 5.65 Å². The zero-order valence-corrected chi connectivity index (χ0v) is 18.0. The molecule has 1 fully saturated rings. The lowest BCUT2D eigenvalue weighted by Gasteiger charge is -2.32. The Morgan fingerprint density at radius 3 is 2.61 bits per heavy atom. The molecule has 2 amide bonds. The van der Waals surface area contributed by atoms with Gasteiger partial charge in [-0.05, 0) is 43.2 Å². The van der Waals surface area contributed by atoms with Crippen LogP contribution in [0.1, 0.15) is 45.4 Å². The molecule has 0 spiro atoms. The van der Waals surface area contributed by atoms with Gasteiger partial charge < -0.3 is 15.5 Å². The van der Waals surface area contributed by atoms with E-state index in [1.54, 1.807) is 22.7 Å². The van der Waals surface area contributed by atoms with Gasteiger partial charge in [-0.2, -0.15) is 4.52 Å². The maximum Gasteiger partial charge on any atom is 0.229 e. The summed E-state index contributed by atoms with van der Waals surface area (Å²) in [6.07, 6.45) is 1.72. The first-order valence-electron chi connectivity index (χ1n) is 10.6.